The Labute approximate surface area is 270 Å². The lowest BCUT2D eigenvalue weighted by Crippen LogP contribution is -2.01. The second kappa shape index (κ2) is 40.2. The van der Waals surface area contributed by atoms with Crippen LogP contribution in [0.15, 0.2) is 0 Å². The molecule has 0 N–H and O–H groups in total. The van der Waals surface area contributed by atoms with Gasteiger partial charge in [0.05, 0.1) is 19.8 Å². The summed E-state index contributed by atoms with van der Waals surface area (Å²) in [5.74, 6) is 0. The van der Waals surface area contributed by atoms with Crippen LogP contribution >= 0.6 is 8.60 Å². The van der Waals surface area contributed by atoms with Crippen LogP contribution < -0.4 is 0 Å². The summed E-state index contributed by atoms with van der Waals surface area (Å²) in [4.78, 5) is 0. The maximum atomic E-state index is 6.10. The predicted octanol–water partition coefficient (Wildman–Crippen LogP) is 11.7. The van der Waals surface area contributed by atoms with Gasteiger partial charge in [-0.3, -0.25) is 0 Å². The van der Waals surface area contributed by atoms with Crippen molar-refractivity contribution in [2.45, 2.75) is 175 Å². The average Bonchev–Trinajstić information content (AvgIpc) is 3.02. The summed E-state index contributed by atoms with van der Waals surface area (Å²) in [7, 11) is -1.22. The summed E-state index contributed by atoms with van der Waals surface area (Å²) >= 11 is 0. The molecule has 0 atom stereocenters. The van der Waals surface area contributed by atoms with Gasteiger partial charge in [-0.2, -0.15) is 0 Å². The molecular weight excluding hydrogens is 559 g/mol. The summed E-state index contributed by atoms with van der Waals surface area (Å²) < 4.78 is 35.3. The monoisotopic (exact) mass is 635 g/mol. The van der Waals surface area contributed by atoms with E-state index in [1.165, 1.54) is 135 Å². The van der Waals surface area contributed by atoms with E-state index in [9.17, 15) is 0 Å². The highest BCUT2D eigenvalue weighted by Crippen LogP contribution is 2.40. The van der Waals surface area contributed by atoms with Gasteiger partial charge in [-0.1, -0.05) is 117 Å². The van der Waals surface area contributed by atoms with Crippen molar-refractivity contribution in [3.05, 3.63) is 0 Å². The quantitative estimate of drug-likeness (QED) is 0.0495. The largest absolute Gasteiger partial charge is 0.381 e. The first-order valence-corrected chi connectivity index (χ1v) is 19.9. The molecule has 0 aliphatic heterocycles. The molecule has 0 radical (unpaired) electrons. The lowest BCUT2D eigenvalue weighted by molar-refractivity contribution is 0.127. The van der Waals surface area contributed by atoms with Gasteiger partial charge in [-0.25, -0.2) is 0 Å². The molecule has 6 nitrogen and oxygen atoms in total. The topological polar surface area (TPSA) is 55.4 Å². The molecule has 0 aliphatic carbocycles. The van der Waals surface area contributed by atoms with E-state index in [-0.39, 0.29) is 0 Å². The van der Waals surface area contributed by atoms with Crippen molar-refractivity contribution in [1.29, 1.82) is 0 Å². The molecule has 0 amide bonds. The molecule has 0 saturated heterocycles. The standard InChI is InChI=1S/C36H75O6P/c1-4-7-28-37-31-22-16-10-13-19-25-34-40-43(41-35-26-20-14-11-17-23-32-38-29-8-5-2)42-36-27-21-15-12-18-24-33-39-30-9-6-3/h4-36H2,1-3H3. The molecule has 0 heterocycles. The van der Waals surface area contributed by atoms with Gasteiger partial charge in [0.15, 0.2) is 0 Å². The summed E-state index contributed by atoms with van der Waals surface area (Å²) in [6.45, 7) is 14.4. The van der Waals surface area contributed by atoms with Crippen LogP contribution in [0.1, 0.15) is 175 Å². The molecule has 0 aromatic carbocycles. The van der Waals surface area contributed by atoms with Gasteiger partial charge in [0.2, 0.25) is 0 Å². The molecule has 0 spiro atoms. The maximum Gasteiger partial charge on any atom is 0.332 e. The molecule has 0 aliphatic rings. The van der Waals surface area contributed by atoms with Crippen molar-refractivity contribution < 1.29 is 27.8 Å². The molecular formula is C36H75O6P. The molecule has 0 aromatic rings. The van der Waals surface area contributed by atoms with Crippen LogP contribution in [0, 0.1) is 0 Å². The van der Waals surface area contributed by atoms with Gasteiger partial charge in [-0.05, 0) is 57.8 Å². The van der Waals surface area contributed by atoms with E-state index < -0.39 is 8.60 Å². The van der Waals surface area contributed by atoms with Gasteiger partial charge in [0, 0.05) is 39.6 Å². The van der Waals surface area contributed by atoms with Crippen LogP contribution in [-0.2, 0) is 27.8 Å². The lowest BCUT2D eigenvalue weighted by atomic mass is 10.1. The van der Waals surface area contributed by atoms with Gasteiger partial charge in [-0.15, -0.1) is 0 Å². The molecule has 0 fully saturated rings. The fraction of sp³-hybridized carbons (Fsp3) is 1.00. The SMILES string of the molecule is CCCCOCCCCCCCCOP(OCCCCCCCCOCCCC)OCCCCCCCCOCCCC. The molecule has 0 bridgehead atoms. The van der Waals surface area contributed by atoms with Crippen molar-refractivity contribution in [2.75, 3.05) is 59.5 Å². The summed E-state index contributed by atoms with van der Waals surface area (Å²) in [5, 5.41) is 0. The number of rotatable bonds is 39. The highest BCUT2D eigenvalue weighted by atomic mass is 31.2. The highest BCUT2D eigenvalue weighted by molar-refractivity contribution is 7.41. The third kappa shape index (κ3) is 38.3. The average molecular weight is 635 g/mol. The minimum absolute atomic E-state index is 0.743. The smallest absolute Gasteiger partial charge is 0.332 e. The van der Waals surface area contributed by atoms with E-state index in [1.54, 1.807) is 0 Å². The Kier molecular flexibility index (Phi) is 40.4. The van der Waals surface area contributed by atoms with Crippen molar-refractivity contribution in [2.24, 2.45) is 0 Å². The van der Waals surface area contributed by atoms with Gasteiger partial charge in [0.1, 0.15) is 0 Å². The second-order valence-electron chi connectivity index (χ2n) is 12.0. The molecule has 0 unspecified atom stereocenters. The van der Waals surface area contributed by atoms with Crippen LogP contribution in [0.3, 0.4) is 0 Å². The first kappa shape index (κ1) is 43.2. The van der Waals surface area contributed by atoms with Crippen molar-refractivity contribution in [1.82, 2.24) is 0 Å². The van der Waals surface area contributed by atoms with E-state index in [1.807, 2.05) is 0 Å². The first-order chi connectivity index (χ1) is 21.3. The summed E-state index contributed by atoms with van der Waals surface area (Å²) in [5.41, 5.74) is 0. The number of hydrogen-bond acceptors (Lipinski definition) is 6. The zero-order chi connectivity index (χ0) is 31.2. The summed E-state index contributed by atoms with van der Waals surface area (Å²) in [6, 6.07) is 0. The zero-order valence-electron chi connectivity index (χ0n) is 29.2. The number of unbranched alkanes of at least 4 members (excludes halogenated alkanes) is 18. The van der Waals surface area contributed by atoms with Crippen LogP contribution in [0.4, 0.5) is 0 Å². The lowest BCUT2D eigenvalue weighted by Gasteiger charge is -2.17. The number of hydrogen-bond donors (Lipinski definition) is 0. The third-order valence-corrected chi connectivity index (χ3v) is 8.75. The van der Waals surface area contributed by atoms with Crippen molar-refractivity contribution >= 4 is 8.60 Å². The normalized spacial score (nSPS) is 11.7. The molecule has 0 saturated carbocycles. The van der Waals surface area contributed by atoms with Gasteiger partial charge in [0.25, 0.3) is 0 Å². The Morgan fingerprint density at radius 1 is 0.256 bits per heavy atom. The molecule has 0 aromatic heterocycles. The van der Waals surface area contributed by atoms with E-state index in [2.05, 4.69) is 20.8 Å². The van der Waals surface area contributed by atoms with E-state index in [0.29, 0.717) is 0 Å². The van der Waals surface area contributed by atoms with Crippen LogP contribution in [0.25, 0.3) is 0 Å². The highest BCUT2D eigenvalue weighted by Gasteiger charge is 2.12. The Hall–Kier alpha value is 0.190. The first-order valence-electron chi connectivity index (χ1n) is 18.8. The minimum Gasteiger partial charge on any atom is -0.381 e. The van der Waals surface area contributed by atoms with Gasteiger partial charge >= 0.3 is 8.60 Å². The van der Waals surface area contributed by atoms with Gasteiger partial charge < -0.3 is 27.8 Å². The van der Waals surface area contributed by atoms with Crippen molar-refractivity contribution in [3.8, 4) is 0 Å². The maximum absolute atomic E-state index is 6.10. The Bertz CT molecular complexity index is 418. The zero-order valence-corrected chi connectivity index (χ0v) is 30.1. The molecule has 43 heavy (non-hydrogen) atoms. The van der Waals surface area contributed by atoms with E-state index in [0.717, 1.165) is 78.7 Å². The third-order valence-electron chi connectivity index (χ3n) is 7.57. The Morgan fingerprint density at radius 2 is 0.465 bits per heavy atom. The molecule has 0 rings (SSSR count). The van der Waals surface area contributed by atoms with E-state index >= 15 is 0 Å². The fourth-order valence-electron chi connectivity index (χ4n) is 4.61. The number of ether oxygens (including phenoxy) is 3. The fourth-order valence-corrected chi connectivity index (χ4v) is 5.67. The van der Waals surface area contributed by atoms with Crippen LogP contribution in [0.5, 0.6) is 0 Å². The van der Waals surface area contributed by atoms with Crippen LogP contribution in [-0.4, -0.2) is 59.5 Å². The minimum atomic E-state index is -1.22. The van der Waals surface area contributed by atoms with Crippen molar-refractivity contribution in [3.63, 3.8) is 0 Å². The van der Waals surface area contributed by atoms with E-state index in [4.69, 9.17) is 27.8 Å². The molecule has 260 valence electrons. The molecule has 7 heteroatoms. The van der Waals surface area contributed by atoms with Crippen LogP contribution in [0.2, 0.25) is 0 Å². The Morgan fingerprint density at radius 3 is 0.721 bits per heavy atom. The Balaban J connectivity index is 3.90. The predicted molar refractivity (Wildman–Crippen MR) is 185 cm³/mol. The summed E-state index contributed by atoms with van der Waals surface area (Å²) in [6.07, 6.45) is 29.1. The second-order valence-corrected chi connectivity index (χ2v) is 13.2.